The van der Waals surface area contributed by atoms with E-state index in [-0.39, 0.29) is 5.78 Å². The monoisotopic (exact) mass is 406 g/mol. The van der Waals surface area contributed by atoms with Crippen molar-refractivity contribution in [3.05, 3.63) is 102 Å². The molecule has 5 rings (SSSR count). The summed E-state index contributed by atoms with van der Waals surface area (Å²) in [4.78, 5) is 23.3. The molecule has 6 heteroatoms. The number of ether oxygens (including phenoxy) is 1. The van der Waals surface area contributed by atoms with Gasteiger partial charge >= 0.3 is 0 Å². The minimum Gasteiger partial charge on any atom is -0.457 e. The van der Waals surface area contributed by atoms with Crippen LogP contribution in [0.25, 0.3) is 22.3 Å². The third kappa shape index (κ3) is 3.51. The van der Waals surface area contributed by atoms with Crippen molar-refractivity contribution in [1.82, 2.24) is 15.0 Å². The molecule has 0 aliphatic rings. The van der Waals surface area contributed by atoms with Gasteiger partial charge < -0.3 is 20.1 Å². The molecule has 150 valence electrons. The molecule has 0 aliphatic carbocycles. The predicted molar refractivity (Wildman–Crippen MR) is 120 cm³/mol. The number of hydrogen-bond donors (Lipinski definition) is 3. The highest BCUT2D eigenvalue weighted by atomic mass is 16.5. The van der Waals surface area contributed by atoms with E-state index in [1.807, 2.05) is 66.9 Å². The minimum absolute atomic E-state index is 0.109. The van der Waals surface area contributed by atoms with Gasteiger partial charge in [0.15, 0.2) is 0 Å². The van der Waals surface area contributed by atoms with E-state index in [0.717, 1.165) is 16.5 Å². The molecular formula is C25H18N4O2. The third-order valence-corrected chi connectivity index (χ3v) is 5.07. The van der Waals surface area contributed by atoms with Crippen LogP contribution in [0.5, 0.6) is 11.5 Å². The average molecular weight is 406 g/mol. The molecule has 0 bridgehead atoms. The van der Waals surface area contributed by atoms with Crippen LogP contribution in [-0.2, 0) is 0 Å². The van der Waals surface area contributed by atoms with Gasteiger partial charge in [0, 0.05) is 40.0 Å². The fourth-order valence-electron chi connectivity index (χ4n) is 3.54. The number of carbonyl (C=O) groups is 1. The van der Waals surface area contributed by atoms with E-state index in [1.165, 1.54) is 6.21 Å². The molecule has 0 amide bonds. The molecule has 2 aromatic heterocycles. The van der Waals surface area contributed by atoms with Crippen LogP contribution >= 0.6 is 0 Å². The summed E-state index contributed by atoms with van der Waals surface area (Å²) in [6.07, 6.45) is 4.68. The van der Waals surface area contributed by atoms with E-state index in [0.29, 0.717) is 34.1 Å². The second-order valence-electron chi connectivity index (χ2n) is 7.03. The van der Waals surface area contributed by atoms with Crippen LogP contribution in [0.4, 0.5) is 0 Å². The highest BCUT2D eigenvalue weighted by Gasteiger charge is 2.14. The van der Waals surface area contributed by atoms with Gasteiger partial charge in [-0.3, -0.25) is 4.79 Å². The fourth-order valence-corrected chi connectivity index (χ4v) is 3.54. The third-order valence-electron chi connectivity index (χ3n) is 5.07. The maximum Gasteiger partial charge on any atom is 0.210 e. The largest absolute Gasteiger partial charge is 0.457 e. The Kier molecular flexibility index (Phi) is 4.65. The molecule has 0 atom stereocenters. The second kappa shape index (κ2) is 7.76. The van der Waals surface area contributed by atoms with E-state index in [9.17, 15) is 4.79 Å². The number of carbonyl (C=O) groups excluding carboxylic acids is 1. The zero-order valence-electron chi connectivity index (χ0n) is 16.4. The van der Waals surface area contributed by atoms with E-state index in [1.54, 1.807) is 18.3 Å². The lowest BCUT2D eigenvalue weighted by Crippen LogP contribution is -2.01. The first-order chi connectivity index (χ1) is 15.2. The lowest BCUT2D eigenvalue weighted by atomic mass is 10.1. The highest BCUT2D eigenvalue weighted by molar-refractivity contribution is 6.07. The molecule has 0 aliphatic heterocycles. The Morgan fingerprint density at radius 3 is 2.71 bits per heavy atom. The minimum atomic E-state index is -0.109. The van der Waals surface area contributed by atoms with E-state index >= 15 is 0 Å². The van der Waals surface area contributed by atoms with Crippen molar-refractivity contribution in [2.24, 2.45) is 0 Å². The Bertz CT molecular complexity index is 1400. The fraction of sp³-hybridized carbons (Fsp3) is 0. The van der Waals surface area contributed by atoms with Crippen molar-refractivity contribution >= 4 is 22.9 Å². The van der Waals surface area contributed by atoms with E-state index in [2.05, 4.69) is 15.0 Å². The van der Waals surface area contributed by atoms with Gasteiger partial charge in [-0.15, -0.1) is 0 Å². The first-order valence-corrected chi connectivity index (χ1v) is 9.76. The number of imidazole rings is 1. The molecule has 0 saturated heterocycles. The quantitative estimate of drug-likeness (QED) is 0.254. The maximum atomic E-state index is 12.6. The van der Waals surface area contributed by atoms with E-state index in [4.69, 9.17) is 10.1 Å². The van der Waals surface area contributed by atoms with Crippen molar-refractivity contribution < 1.29 is 9.53 Å². The van der Waals surface area contributed by atoms with Gasteiger partial charge in [-0.2, -0.15) is 0 Å². The van der Waals surface area contributed by atoms with Crippen molar-refractivity contribution in [3.8, 4) is 22.9 Å². The standard InChI is InChI=1S/C25H18N4O2/c26-14-20-19-11-12-27-21(19)9-10-23(20)31-18-8-4-7-17(13-18)25-28-15-22(29-25)24(30)16-5-2-1-3-6-16/h1-15,26-27H,(H,28,29). The molecule has 0 fully saturated rings. The molecule has 2 heterocycles. The number of nitrogens with one attached hydrogen (secondary N) is 3. The lowest BCUT2D eigenvalue weighted by Gasteiger charge is -2.10. The summed E-state index contributed by atoms with van der Waals surface area (Å²) in [5.74, 6) is 1.68. The predicted octanol–water partition coefficient (Wildman–Crippen LogP) is 5.58. The molecular weight excluding hydrogens is 388 g/mol. The topological polar surface area (TPSA) is 94.6 Å². The van der Waals surface area contributed by atoms with Gasteiger partial charge in [0.1, 0.15) is 23.0 Å². The number of aromatic nitrogens is 3. The SMILES string of the molecule is N=Cc1c(Oc2cccc(-c3ncc(C(=O)c4ccccc4)[nH]3)c2)ccc2[nH]ccc12. The molecule has 3 aromatic carbocycles. The molecule has 0 spiro atoms. The van der Waals surface area contributed by atoms with Crippen molar-refractivity contribution in [3.63, 3.8) is 0 Å². The summed E-state index contributed by atoms with van der Waals surface area (Å²) in [6.45, 7) is 0. The summed E-state index contributed by atoms with van der Waals surface area (Å²) in [5.41, 5.74) is 3.48. The summed E-state index contributed by atoms with van der Waals surface area (Å²) < 4.78 is 6.09. The smallest absolute Gasteiger partial charge is 0.210 e. The van der Waals surface area contributed by atoms with Gasteiger partial charge in [-0.25, -0.2) is 4.98 Å². The molecule has 5 aromatic rings. The maximum absolute atomic E-state index is 12.6. The van der Waals surface area contributed by atoms with Crippen LogP contribution < -0.4 is 4.74 Å². The van der Waals surface area contributed by atoms with Gasteiger partial charge in [0.05, 0.1) is 6.20 Å². The van der Waals surface area contributed by atoms with Gasteiger partial charge in [-0.1, -0.05) is 42.5 Å². The van der Waals surface area contributed by atoms with Gasteiger partial charge in [-0.05, 0) is 30.3 Å². The van der Waals surface area contributed by atoms with Crippen LogP contribution in [-0.4, -0.2) is 26.9 Å². The van der Waals surface area contributed by atoms with Crippen molar-refractivity contribution in [2.75, 3.05) is 0 Å². The molecule has 31 heavy (non-hydrogen) atoms. The number of H-pyrrole nitrogens is 2. The van der Waals surface area contributed by atoms with Gasteiger partial charge in [0.25, 0.3) is 0 Å². The van der Waals surface area contributed by atoms with Crippen LogP contribution in [0.2, 0.25) is 0 Å². The van der Waals surface area contributed by atoms with Crippen LogP contribution in [0, 0.1) is 5.41 Å². The Labute approximate surface area is 178 Å². The second-order valence-corrected chi connectivity index (χ2v) is 7.03. The molecule has 0 saturated carbocycles. The molecule has 6 nitrogen and oxygen atoms in total. The average Bonchev–Trinajstić information content (AvgIpc) is 3.49. The summed E-state index contributed by atoms with van der Waals surface area (Å²) in [5, 5.41) is 8.73. The van der Waals surface area contributed by atoms with Crippen molar-refractivity contribution in [1.29, 1.82) is 5.41 Å². The molecule has 0 radical (unpaired) electrons. The highest BCUT2D eigenvalue weighted by Crippen LogP contribution is 2.31. The number of fused-ring (bicyclic) bond motifs is 1. The Morgan fingerprint density at radius 2 is 1.87 bits per heavy atom. The summed E-state index contributed by atoms with van der Waals surface area (Å²) in [6, 6.07) is 22.2. The number of hydrogen-bond acceptors (Lipinski definition) is 4. The van der Waals surface area contributed by atoms with Gasteiger partial charge in [0.2, 0.25) is 5.78 Å². The van der Waals surface area contributed by atoms with Crippen molar-refractivity contribution in [2.45, 2.75) is 0 Å². The number of benzene rings is 3. The van der Waals surface area contributed by atoms with Crippen LogP contribution in [0.3, 0.4) is 0 Å². The normalized spacial score (nSPS) is 10.8. The molecule has 3 N–H and O–H groups in total. The van der Waals surface area contributed by atoms with Crippen LogP contribution in [0.15, 0.2) is 85.2 Å². The number of ketones is 1. The summed E-state index contributed by atoms with van der Waals surface area (Å²) >= 11 is 0. The zero-order chi connectivity index (χ0) is 21.2. The number of rotatable bonds is 6. The first-order valence-electron chi connectivity index (χ1n) is 9.76. The number of nitrogens with zero attached hydrogens (tertiary/aromatic N) is 1. The Morgan fingerprint density at radius 1 is 1.00 bits per heavy atom. The number of aromatic amines is 2. The first kappa shape index (κ1) is 18.6. The van der Waals surface area contributed by atoms with Crippen LogP contribution in [0.1, 0.15) is 21.6 Å². The summed E-state index contributed by atoms with van der Waals surface area (Å²) in [7, 11) is 0. The zero-order valence-corrected chi connectivity index (χ0v) is 16.4. The Hall–Kier alpha value is -4.45. The van der Waals surface area contributed by atoms with E-state index < -0.39 is 0 Å². The lowest BCUT2D eigenvalue weighted by molar-refractivity contribution is 0.103. The molecule has 0 unspecified atom stereocenters. The Balaban J connectivity index is 1.43.